The van der Waals surface area contributed by atoms with E-state index >= 15 is 0 Å². The van der Waals surface area contributed by atoms with E-state index in [0.717, 1.165) is 9.80 Å². The summed E-state index contributed by atoms with van der Waals surface area (Å²) in [5.74, 6) is -2.67. The van der Waals surface area contributed by atoms with Crippen LogP contribution >= 0.6 is 0 Å². The van der Waals surface area contributed by atoms with E-state index < -0.39 is 222 Å². The fourth-order valence-electron chi connectivity index (χ4n) is 9.45. The maximum absolute atomic E-state index is 12.4. The number of aliphatic hydroxyl groups excluding tert-OH is 14. The third kappa shape index (κ3) is 21.4. The molecule has 94 heavy (non-hydrogen) atoms. The second kappa shape index (κ2) is 36.8. The van der Waals surface area contributed by atoms with Gasteiger partial charge in [0.1, 0.15) is 97.7 Å². The van der Waals surface area contributed by atoms with Gasteiger partial charge in [-0.3, -0.25) is 33.8 Å². The van der Waals surface area contributed by atoms with Crippen LogP contribution in [0.25, 0.3) is 0 Å². The second-order valence-corrected chi connectivity index (χ2v) is 23.3. The summed E-state index contributed by atoms with van der Waals surface area (Å²) in [6.45, 7) is 6.39. The number of imide groups is 5. The summed E-state index contributed by atoms with van der Waals surface area (Å²) in [6.07, 6.45) is -38.8. The predicted octanol–water partition coefficient (Wildman–Crippen LogP) is -12.9. The zero-order valence-electron chi connectivity index (χ0n) is 53.2. The van der Waals surface area contributed by atoms with Gasteiger partial charge in [-0.15, -0.1) is 0 Å². The zero-order chi connectivity index (χ0) is 69.7. The van der Waals surface area contributed by atoms with Crippen molar-refractivity contribution in [3.8, 4) is 0 Å². The first-order chi connectivity index (χ1) is 43.6. The predicted molar refractivity (Wildman–Crippen MR) is 293 cm³/mol. The SMILES string of the molecule is CC(C)COC(=O)OCN1C(=O)CN(CCN2CC(=O)N(COC(=O)OCC(C)C)C(=O)C2)CC1=O.CC1(C)OC(=O)N(C(N)=O)C1=O.OC[C@H]1O[C@@H](OC[C@H]2O[C@@H](O[C@@H]3[C@@H](O)[C@H](O)O[C@H](CO)[C@H]3O)[C@H](O)[C@@H](O[C@@H]3O[C@H](CO)[C@@H](O)[C@H](O)[C@H]3O)[C@@H]2O)[C@H](O)[C@@H](O)[C@@H]1O.[H-].[Na+]. The quantitative estimate of drug-likeness (QED) is 0.0220. The van der Waals surface area contributed by atoms with Crippen molar-refractivity contribution >= 4 is 54.0 Å². The minimum Gasteiger partial charge on any atom is -1.00 e. The van der Waals surface area contributed by atoms with E-state index in [1.807, 2.05) is 27.7 Å². The zero-order valence-corrected chi connectivity index (χ0v) is 54.2. The van der Waals surface area contributed by atoms with Gasteiger partial charge in [0.15, 0.2) is 44.2 Å². The Kier molecular flexibility index (Phi) is 32.0. The number of ether oxygens (including phenoxy) is 12. The molecule has 0 aromatic rings. The number of urea groups is 1. The molecule has 0 spiro atoms. The molecule has 16 N–H and O–H groups in total. The van der Waals surface area contributed by atoms with Crippen LogP contribution in [0, 0.1) is 11.8 Å². The molecule has 42 heteroatoms. The molecule has 534 valence electrons. The molecule has 7 fully saturated rings. The van der Waals surface area contributed by atoms with Gasteiger partial charge in [-0.25, -0.2) is 29.0 Å². The summed E-state index contributed by atoms with van der Waals surface area (Å²) in [4.78, 5) is 110. The largest absolute Gasteiger partial charge is 1.00 e. The number of rotatable bonds is 21. The van der Waals surface area contributed by atoms with E-state index in [2.05, 4.69) is 4.74 Å². The first-order valence-electron chi connectivity index (χ1n) is 29.0. The molecule has 7 saturated heterocycles. The molecule has 8 amide bonds. The number of nitrogens with two attached hydrogens (primary N) is 1. The van der Waals surface area contributed by atoms with Crippen molar-refractivity contribution in [1.82, 2.24) is 24.5 Å². The molecule has 0 aliphatic carbocycles. The third-order valence-electron chi connectivity index (χ3n) is 14.7. The molecular weight excluding hydrogens is 1290 g/mol. The number of carbonyl (C=O) groups is 9. The third-order valence-corrected chi connectivity index (χ3v) is 14.7. The number of hydrogen-bond donors (Lipinski definition) is 15. The van der Waals surface area contributed by atoms with Gasteiger partial charge in [0, 0.05) is 13.1 Å². The molecule has 0 radical (unpaired) electrons. The Balaban J connectivity index is 0.000000420. The van der Waals surface area contributed by atoms with Crippen molar-refractivity contribution in [2.75, 3.05) is 92.4 Å². The summed E-state index contributed by atoms with van der Waals surface area (Å²) < 4.78 is 61.6. The number of cyclic esters (lactones) is 1. The molecule has 0 aromatic heterocycles. The number of hydrogen-bond acceptors (Lipinski definition) is 37. The molecule has 0 aromatic carbocycles. The van der Waals surface area contributed by atoms with Gasteiger partial charge in [0.25, 0.3) is 5.91 Å². The van der Waals surface area contributed by atoms with Crippen LogP contribution in [0.1, 0.15) is 43.0 Å². The molecule has 7 heterocycles. The van der Waals surface area contributed by atoms with Crippen molar-refractivity contribution in [1.29, 1.82) is 0 Å². The topological polar surface area (TPSA) is 590 Å². The maximum atomic E-state index is 12.4. The van der Waals surface area contributed by atoms with E-state index in [4.69, 9.17) is 57.8 Å². The van der Waals surface area contributed by atoms with Crippen LogP contribution in [-0.2, 0) is 80.8 Å². The number of carbonyl (C=O) groups excluding carboxylic acids is 9. The van der Waals surface area contributed by atoms with Gasteiger partial charge >= 0.3 is 54.0 Å². The van der Waals surface area contributed by atoms with Crippen LogP contribution in [0.4, 0.5) is 19.2 Å². The van der Waals surface area contributed by atoms with E-state index in [9.17, 15) is 115 Å². The molecule has 7 aliphatic rings. The van der Waals surface area contributed by atoms with Gasteiger partial charge in [-0.2, -0.15) is 4.90 Å². The Hall–Kier alpha value is -4.69. The summed E-state index contributed by atoms with van der Waals surface area (Å²) in [7, 11) is 0. The first-order valence-corrected chi connectivity index (χ1v) is 29.0. The van der Waals surface area contributed by atoms with E-state index in [-0.39, 0.29) is 100 Å². The minimum atomic E-state index is -2.07. The van der Waals surface area contributed by atoms with Gasteiger partial charge in [0.2, 0.25) is 23.6 Å². The van der Waals surface area contributed by atoms with Gasteiger partial charge in [-0.05, 0) is 25.7 Å². The van der Waals surface area contributed by atoms with Gasteiger partial charge < -0.3 is 135 Å². The summed E-state index contributed by atoms with van der Waals surface area (Å²) in [5, 5.41) is 143. The van der Waals surface area contributed by atoms with Crippen LogP contribution in [0.15, 0.2) is 0 Å². The fourth-order valence-corrected chi connectivity index (χ4v) is 9.45. The van der Waals surface area contributed by atoms with Crippen LogP contribution in [0.3, 0.4) is 0 Å². The average molecular weight is 1380 g/mol. The van der Waals surface area contributed by atoms with Crippen LogP contribution in [0.5, 0.6) is 0 Å². The van der Waals surface area contributed by atoms with Crippen LogP contribution in [-0.4, -0.2) is 371 Å². The van der Waals surface area contributed by atoms with Crippen LogP contribution in [0.2, 0.25) is 0 Å². The molecule has 7 aliphatic heterocycles. The number of aliphatic hydroxyl groups is 14. The number of piperazine rings is 2. The smallest absolute Gasteiger partial charge is 1.00 e. The van der Waals surface area contributed by atoms with E-state index in [1.165, 1.54) is 13.8 Å². The Bertz CT molecular complexity index is 2450. The number of nitrogens with zero attached hydrogens (tertiary/aromatic N) is 5. The van der Waals surface area contributed by atoms with Gasteiger partial charge in [0.05, 0.1) is 65.8 Å². The normalized spacial score (nSPS) is 34.8. The van der Waals surface area contributed by atoms with Crippen molar-refractivity contribution in [3.63, 3.8) is 0 Å². The summed E-state index contributed by atoms with van der Waals surface area (Å²) in [6, 6.07) is -1.12. The van der Waals surface area contributed by atoms with E-state index in [0.29, 0.717) is 0 Å². The van der Waals surface area contributed by atoms with E-state index in [1.54, 1.807) is 9.80 Å². The molecule has 0 bridgehead atoms. The molecule has 0 saturated carbocycles. The average Bonchev–Trinajstić information content (AvgIpc) is 1.35. The Morgan fingerprint density at radius 1 is 0.521 bits per heavy atom. The van der Waals surface area contributed by atoms with Gasteiger partial charge in [-0.1, -0.05) is 27.7 Å². The second-order valence-electron chi connectivity index (χ2n) is 23.3. The molecule has 0 unspecified atom stereocenters. The Morgan fingerprint density at radius 3 is 1.28 bits per heavy atom. The van der Waals surface area contributed by atoms with Crippen LogP contribution < -0.4 is 35.3 Å². The Morgan fingerprint density at radius 2 is 0.894 bits per heavy atom. The Labute approximate surface area is 558 Å². The number of amides is 8. The number of primary amides is 1. The maximum Gasteiger partial charge on any atom is 1.00 e. The van der Waals surface area contributed by atoms with Crippen molar-refractivity contribution < 1.29 is 202 Å². The minimum absolute atomic E-state index is 0. The fraction of sp³-hybridized carbons (Fsp3) is 0.827. The monoisotopic (exact) mass is 1380 g/mol. The van der Waals surface area contributed by atoms with Crippen molar-refractivity contribution in [3.05, 3.63) is 0 Å². The molecule has 20 atom stereocenters. The van der Waals surface area contributed by atoms with Crippen molar-refractivity contribution in [2.24, 2.45) is 17.6 Å². The first kappa shape index (κ1) is 81.7. The summed E-state index contributed by atoms with van der Waals surface area (Å²) in [5.41, 5.74) is 3.48. The van der Waals surface area contributed by atoms with Crippen molar-refractivity contribution in [2.45, 2.75) is 170 Å². The standard InChI is InChI=1S/C24H42O21.C22H34N4O10.C6H8N2O4.Na.H/c25-1-5-9(28)13(32)15(34)22(41-5)39-4-8-12(31)20(45-23-16(35)14(33)10(29)6(2-26)42-23)18(37)24(43-8)44-19-11(30)7(3-27)40-21(38)17(19)36;1-15(2)11-33-21(31)35-13-25-17(27)7-23(8-18(25)28)5-6-24-9-19(29)26(20(30)10-24)14-36-22(32)34-12-16(3)4;1-6(2)3(9)8(4(7)10)5(11)12-6;;/h5-38H,1-4H2;15-16H,5-14H2,1-4H3;1-2H3,(H2,7,10);;/q;;;+1;-1/t5-,6-,7-,8-,9-,10-,11-,12-,13+,14+,15-,16-,17-,18-,19+,20+,21-,22-,23+,24+;;;;/m1..../s1. The molecular formula is C52H85N6NaO35. The summed E-state index contributed by atoms with van der Waals surface area (Å²) >= 11 is 0. The molecule has 41 nitrogen and oxygen atoms in total. The molecule has 7 rings (SSSR count).